The van der Waals surface area contributed by atoms with E-state index in [0.29, 0.717) is 11.2 Å². The molecule has 1 N–H and O–H groups in total. The van der Waals surface area contributed by atoms with Gasteiger partial charge in [0.1, 0.15) is 6.04 Å². The average Bonchev–Trinajstić information content (AvgIpc) is 3.59. The van der Waals surface area contributed by atoms with Gasteiger partial charge in [0.2, 0.25) is 6.79 Å². The average molecular weight is 433 g/mol. The van der Waals surface area contributed by atoms with Gasteiger partial charge in [-0.15, -0.1) is 0 Å². The van der Waals surface area contributed by atoms with Gasteiger partial charge in [-0.3, -0.25) is 4.98 Å². The third-order valence-corrected chi connectivity index (χ3v) is 6.88. The van der Waals surface area contributed by atoms with Crippen LogP contribution in [-0.4, -0.2) is 21.5 Å². The molecule has 1 aliphatic carbocycles. The molecule has 0 bridgehead atoms. The van der Waals surface area contributed by atoms with Crippen molar-refractivity contribution in [2.75, 3.05) is 11.7 Å². The van der Waals surface area contributed by atoms with Crippen LogP contribution in [0.2, 0.25) is 0 Å². The van der Waals surface area contributed by atoms with Crippen LogP contribution in [0.3, 0.4) is 0 Å². The van der Waals surface area contributed by atoms with Crippen LogP contribution >= 0.6 is 12.2 Å². The van der Waals surface area contributed by atoms with Gasteiger partial charge in [0.05, 0.1) is 11.7 Å². The molecule has 1 saturated heterocycles. The zero-order valence-corrected chi connectivity index (χ0v) is 17.9. The number of benzene rings is 1. The summed E-state index contributed by atoms with van der Waals surface area (Å²) in [5.41, 5.74) is 3.23. The first kappa shape index (κ1) is 18.7. The maximum atomic E-state index is 5.86. The highest BCUT2D eigenvalue weighted by atomic mass is 32.1. The minimum atomic E-state index is -0.0471. The summed E-state index contributed by atoms with van der Waals surface area (Å²) in [6.45, 7) is 0.256. The topological polar surface area (TPSA) is 51.6 Å². The Kier molecular flexibility index (Phi) is 4.56. The van der Waals surface area contributed by atoms with Crippen molar-refractivity contribution >= 4 is 23.0 Å². The molecule has 6 rings (SSSR count). The highest BCUT2D eigenvalue weighted by Crippen LogP contribution is 2.45. The van der Waals surface area contributed by atoms with Crippen LogP contribution in [0.15, 0.2) is 60.9 Å². The molecule has 3 aliphatic rings. The first-order chi connectivity index (χ1) is 15.3. The van der Waals surface area contributed by atoms with Crippen molar-refractivity contribution in [3.05, 3.63) is 72.3 Å². The first-order valence-electron chi connectivity index (χ1n) is 10.9. The Balaban J connectivity index is 1.47. The summed E-state index contributed by atoms with van der Waals surface area (Å²) < 4.78 is 13.6. The lowest BCUT2D eigenvalue weighted by molar-refractivity contribution is 0.174. The smallest absolute Gasteiger partial charge is 0.231 e. The second-order valence-electron chi connectivity index (χ2n) is 8.31. The van der Waals surface area contributed by atoms with Crippen molar-refractivity contribution < 1.29 is 9.47 Å². The SMILES string of the molecule is S=C1NC(c2ccccn2)C(c2cccn2C2CCCC2)N1c1ccc2c(c1)OCO2. The van der Waals surface area contributed by atoms with Gasteiger partial charge in [0, 0.05) is 35.9 Å². The van der Waals surface area contributed by atoms with Gasteiger partial charge in [-0.1, -0.05) is 18.9 Å². The summed E-state index contributed by atoms with van der Waals surface area (Å²) in [6, 6.07) is 16.9. The summed E-state index contributed by atoms with van der Waals surface area (Å²) in [5, 5.41) is 4.25. The number of fused-ring (bicyclic) bond motifs is 1. The number of thiocarbonyl (C=S) groups is 1. The van der Waals surface area contributed by atoms with Crippen LogP contribution in [0, 0.1) is 0 Å². The Labute approximate surface area is 186 Å². The molecule has 2 aromatic heterocycles. The molecule has 158 valence electrons. The lowest BCUT2D eigenvalue weighted by Crippen LogP contribution is -2.30. The van der Waals surface area contributed by atoms with Crippen molar-refractivity contribution in [1.29, 1.82) is 0 Å². The number of rotatable bonds is 4. The van der Waals surface area contributed by atoms with E-state index in [0.717, 1.165) is 22.9 Å². The Morgan fingerprint density at radius 3 is 2.71 bits per heavy atom. The molecule has 0 radical (unpaired) electrons. The molecule has 0 spiro atoms. The summed E-state index contributed by atoms with van der Waals surface area (Å²) in [7, 11) is 0. The van der Waals surface area contributed by atoms with Gasteiger partial charge in [-0.2, -0.15) is 0 Å². The molecule has 2 atom stereocenters. The third-order valence-electron chi connectivity index (χ3n) is 6.57. The van der Waals surface area contributed by atoms with Gasteiger partial charge in [0.25, 0.3) is 0 Å². The zero-order valence-electron chi connectivity index (χ0n) is 17.1. The molecule has 1 aromatic carbocycles. The van der Waals surface area contributed by atoms with E-state index < -0.39 is 0 Å². The number of hydrogen-bond donors (Lipinski definition) is 1. The third kappa shape index (κ3) is 3.15. The van der Waals surface area contributed by atoms with E-state index in [1.165, 1.54) is 31.4 Å². The summed E-state index contributed by atoms with van der Waals surface area (Å²) in [5.74, 6) is 1.53. The van der Waals surface area contributed by atoms with E-state index in [2.05, 4.69) is 50.2 Å². The van der Waals surface area contributed by atoms with Crippen LogP contribution in [0.5, 0.6) is 11.5 Å². The maximum absolute atomic E-state index is 5.86. The molecule has 1 saturated carbocycles. The zero-order chi connectivity index (χ0) is 20.8. The van der Waals surface area contributed by atoms with Crippen LogP contribution in [0.25, 0.3) is 0 Å². The number of hydrogen-bond acceptors (Lipinski definition) is 4. The number of aromatic nitrogens is 2. The van der Waals surface area contributed by atoms with Crippen molar-refractivity contribution in [3.63, 3.8) is 0 Å². The Morgan fingerprint density at radius 2 is 1.87 bits per heavy atom. The molecule has 2 unspecified atom stereocenters. The number of nitrogens with one attached hydrogen (secondary N) is 1. The number of anilines is 1. The van der Waals surface area contributed by atoms with Gasteiger partial charge < -0.3 is 24.3 Å². The Hall–Kier alpha value is -3.06. The van der Waals surface area contributed by atoms with Crippen molar-refractivity contribution in [2.24, 2.45) is 0 Å². The van der Waals surface area contributed by atoms with Gasteiger partial charge in [-0.25, -0.2) is 0 Å². The first-order valence-corrected chi connectivity index (χ1v) is 11.3. The fourth-order valence-electron chi connectivity index (χ4n) is 5.14. The standard InChI is InChI=1S/C24H24N4O2S/c31-24-26-22(18-8-3-4-12-25-18)23(19-9-5-13-27(19)16-6-1-2-7-16)28(24)17-10-11-20-21(14-17)30-15-29-20/h3-5,8-14,16,22-23H,1-2,6-7,15H2,(H,26,31). The normalized spacial score (nSPS) is 22.8. The summed E-state index contributed by atoms with van der Waals surface area (Å²) in [6.07, 6.45) is 9.10. The molecule has 3 aromatic rings. The van der Waals surface area contributed by atoms with Crippen molar-refractivity contribution in [2.45, 2.75) is 43.8 Å². The predicted molar refractivity (Wildman–Crippen MR) is 122 cm³/mol. The molecule has 2 aliphatic heterocycles. The quantitative estimate of drug-likeness (QED) is 0.592. The van der Waals surface area contributed by atoms with Crippen LogP contribution in [-0.2, 0) is 0 Å². The van der Waals surface area contributed by atoms with E-state index in [1.54, 1.807) is 0 Å². The molecule has 7 heteroatoms. The van der Waals surface area contributed by atoms with Gasteiger partial charge in [0.15, 0.2) is 16.6 Å². The minimum absolute atomic E-state index is 0.0154. The number of ether oxygens (including phenoxy) is 2. The monoisotopic (exact) mass is 432 g/mol. The predicted octanol–water partition coefficient (Wildman–Crippen LogP) is 4.90. The second kappa shape index (κ2) is 7.57. The van der Waals surface area contributed by atoms with Gasteiger partial charge >= 0.3 is 0 Å². The van der Waals surface area contributed by atoms with E-state index in [-0.39, 0.29) is 18.9 Å². The van der Waals surface area contributed by atoms with E-state index in [4.69, 9.17) is 21.7 Å². The van der Waals surface area contributed by atoms with Crippen LogP contribution in [0.1, 0.15) is 55.2 Å². The van der Waals surface area contributed by atoms with Crippen molar-refractivity contribution in [3.8, 4) is 11.5 Å². The number of pyridine rings is 1. The highest BCUT2D eigenvalue weighted by molar-refractivity contribution is 7.80. The maximum Gasteiger partial charge on any atom is 0.231 e. The molecule has 0 amide bonds. The lowest BCUT2D eigenvalue weighted by atomic mass is 10.00. The van der Waals surface area contributed by atoms with Crippen LogP contribution < -0.4 is 19.7 Å². The molecule has 6 nitrogen and oxygen atoms in total. The molecule has 31 heavy (non-hydrogen) atoms. The van der Waals surface area contributed by atoms with E-state index in [1.807, 2.05) is 30.5 Å². The van der Waals surface area contributed by atoms with E-state index >= 15 is 0 Å². The Morgan fingerprint density at radius 1 is 1.00 bits per heavy atom. The van der Waals surface area contributed by atoms with E-state index in [9.17, 15) is 0 Å². The second-order valence-corrected chi connectivity index (χ2v) is 8.70. The minimum Gasteiger partial charge on any atom is -0.454 e. The molecular formula is C24H24N4O2S. The lowest BCUT2D eigenvalue weighted by Gasteiger charge is -2.30. The largest absolute Gasteiger partial charge is 0.454 e. The van der Waals surface area contributed by atoms with Gasteiger partial charge in [-0.05, 0) is 61.5 Å². The summed E-state index contributed by atoms with van der Waals surface area (Å²) >= 11 is 5.86. The molecule has 4 heterocycles. The molecule has 2 fully saturated rings. The van der Waals surface area contributed by atoms with Crippen molar-refractivity contribution in [1.82, 2.24) is 14.9 Å². The highest BCUT2D eigenvalue weighted by Gasteiger charge is 2.43. The summed E-state index contributed by atoms with van der Waals surface area (Å²) in [4.78, 5) is 6.87. The number of nitrogens with zero attached hydrogens (tertiary/aromatic N) is 3. The Bertz CT molecular complexity index is 1110. The fourth-order valence-corrected chi connectivity index (χ4v) is 5.49. The molecular weight excluding hydrogens is 408 g/mol. The van der Waals surface area contributed by atoms with Crippen LogP contribution in [0.4, 0.5) is 5.69 Å². The fraction of sp³-hybridized carbons (Fsp3) is 0.333.